The van der Waals surface area contributed by atoms with Gasteiger partial charge in [0.25, 0.3) is 0 Å². The van der Waals surface area contributed by atoms with Gasteiger partial charge in [-0.1, -0.05) is 24.3 Å². The number of alkyl halides is 3. The summed E-state index contributed by atoms with van der Waals surface area (Å²) in [6.07, 6.45) is -4.57. The molecular formula is C20H22F3N3O2. The Labute approximate surface area is 161 Å². The highest BCUT2D eigenvalue weighted by Crippen LogP contribution is 2.34. The van der Waals surface area contributed by atoms with Gasteiger partial charge in [0, 0.05) is 5.69 Å². The second-order valence-corrected chi connectivity index (χ2v) is 6.56. The van der Waals surface area contributed by atoms with E-state index in [4.69, 9.17) is 0 Å². The Morgan fingerprint density at radius 1 is 0.893 bits per heavy atom. The summed E-state index contributed by atoms with van der Waals surface area (Å²) < 4.78 is 39.0. The summed E-state index contributed by atoms with van der Waals surface area (Å²) in [6.45, 7) is 3.51. The first kappa shape index (κ1) is 21.4. The van der Waals surface area contributed by atoms with Crippen molar-refractivity contribution in [1.82, 2.24) is 4.90 Å². The molecule has 0 spiro atoms. The van der Waals surface area contributed by atoms with Crippen LogP contribution in [0.2, 0.25) is 0 Å². The number of halogens is 3. The van der Waals surface area contributed by atoms with Crippen molar-refractivity contribution in [2.45, 2.75) is 20.0 Å². The number of hydrogen-bond acceptors (Lipinski definition) is 3. The van der Waals surface area contributed by atoms with Gasteiger partial charge in [-0.15, -0.1) is 0 Å². The van der Waals surface area contributed by atoms with E-state index < -0.39 is 17.6 Å². The van der Waals surface area contributed by atoms with E-state index in [0.29, 0.717) is 5.69 Å². The molecule has 2 amide bonds. The van der Waals surface area contributed by atoms with Crippen LogP contribution in [0, 0.1) is 13.8 Å². The van der Waals surface area contributed by atoms with Gasteiger partial charge in [-0.3, -0.25) is 14.5 Å². The monoisotopic (exact) mass is 393 g/mol. The maximum atomic E-state index is 13.0. The number of hydrogen-bond donors (Lipinski definition) is 2. The second kappa shape index (κ2) is 8.88. The van der Waals surface area contributed by atoms with Crippen molar-refractivity contribution in [3.63, 3.8) is 0 Å². The van der Waals surface area contributed by atoms with E-state index in [0.717, 1.165) is 17.2 Å². The first-order valence-electron chi connectivity index (χ1n) is 8.58. The summed E-state index contributed by atoms with van der Waals surface area (Å²) in [5.41, 5.74) is 1.43. The Kier molecular flexibility index (Phi) is 6.80. The standard InChI is InChI=1S/C20H22F3N3O2/c1-13-7-6-10-16(14(13)2)24-18(27)11-26(3)12-19(28)25-17-9-5-4-8-15(17)20(21,22)23/h4-10H,11-12H2,1-3H3,(H,24,27)(H,25,28). The molecule has 2 rings (SSSR count). The van der Waals surface area contributed by atoms with Crippen LogP contribution in [0.25, 0.3) is 0 Å². The molecule has 8 heteroatoms. The largest absolute Gasteiger partial charge is 0.418 e. The second-order valence-electron chi connectivity index (χ2n) is 6.56. The van der Waals surface area contributed by atoms with Crippen molar-refractivity contribution < 1.29 is 22.8 Å². The van der Waals surface area contributed by atoms with Crippen LogP contribution in [0.1, 0.15) is 16.7 Å². The Morgan fingerprint density at radius 3 is 2.04 bits per heavy atom. The van der Waals surface area contributed by atoms with Gasteiger partial charge in [0.15, 0.2) is 0 Å². The molecule has 0 saturated heterocycles. The average molecular weight is 393 g/mol. The number of carbonyl (C=O) groups is 2. The van der Waals surface area contributed by atoms with Crippen LogP contribution in [0.15, 0.2) is 42.5 Å². The topological polar surface area (TPSA) is 61.4 Å². The zero-order valence-electron chi connectivity index (χ0n) is 15.9. The van der Waals surface area contributed by atoms with Crippen LogP contribution in [0.3, 0.4) is 0 Å². The van der Waals surface area contributed by atoms with Crippen molar-refractivity contribution in [1.29, 1.82) is 0 Å². The number of nitrogens with zero attached hydrogens (tertiary/aromatic N) is 1. The molecule has 0 aliphatic rings. The minimum Gasteiger partial charge on any atom is -0.325 e. The van der Waals surface area contributed by atoms with Crippen molar-refractivity contribution in [3.8, 4) is 0 Å². The van der Waals surface area contributed by atoms with Gasteiger partial charge < -0.3 is 10.6 Å². The van der Waals surface area contributed by atoms with E-state index >= 15 is 0 Å². The highest BCUT2D eigenvalue weighted by Gasteiger charge is 2.33. The summed E-state index contributed by atoms with van der Waals surface area (Å²) >= 11 is 0. The lowest BCUT2D eigenvalue weighted by Gasteiger charge is -2.18. The molecule has 28 heavy (non-hydrogen) atoms. The number of anilines is 2. The van der Waals surface area contributed by atoms with E-state index in [9.17, 15) is 22.8 Å². The van der Waals surface area contributed by atoms with Gasteiger partial charge in [-0.25, -0.2) is 0 Å². The van der Waals surface area contributed by atoms with E-state index in [2.05, 4.69) is 10.6 Å². The summed E-state index contributed by atoms with van der Waals surface area (Å²) in [6, 6.07) is 10.3. The average Bonchev–Trinajstić information content (AvgIpc) is 2.58. The third-order valence-electron chi connectivity index (χ3n) is 4.21. The fourth-order valence-corrected chi connectivity index (χ4v) is 2.65. The predicted molar refractivity (Wildman–Crippen MR) is 102 cm³/mol. The molecule has 2 N–H and O–H groups in total. The third kappa shape index (κ3) is 5.82. The first-order valence-corrected chi connectivity index (χ1v) is 8.58. The van der Waals surface area contributed by atoms with Gasteiger partial charge in [0.1, 0.15) is 0 Å². The van der Waals surface area contributed by atoms with Crippen LogP contribution in [-0.2, 0) is 15.8 Å². The summed E-state index contributed by atoms with van der Waals surface area (Å²) in [5.74, 6) is -0.960. The number of rotatable bonds is 6. The van der Waals surface area contributed by atoms with Gasteiger partial charge in [0.05, 0.1) is 24.3 Å². The lowest BCUT2D eigenvalue weighted by molar-refractivity contribution is -0.137. The van der Waals surface area contributed by atoms with E-state index in [1.165, 1.54) is 30.1 Å². The molecule has 5 nitrogen and oxygen atoms in total. The minimum atomic E-state index is -4.57. The van der Waals surface area contributed by atoms with Crippen LogP contribution in [0.5, 0.6) is 0 Å². The Morgan fingerprint density at radius 2 is 1.43 bits per heavy atom. The van der Waals surface area contributed by atoms with Crippen molar-refractivity contribution >= 4 is 23.2 Å². The number of para-hydroxylation sites is 1. The molecule has 0 radical (unpaired) electrons. The molecule has 0 heterocycles. The normalized spacial score (nSPS) is 11.4. The van der Waals surface area contributed by atoms with Gasteiger partial charge in [-0.2, -0.15) is 13.2 Å². The highest BCUT2D eigenvalue weighted by molar-refractivity contribution is 5.95. The lowest BCUT2D eigenvalue weighted by Crippen LogP contribution is -2.36. The molecule has 2 aromatic rings. The maximum absolute atomic E-state index is 13.0. The van der Waals surface area contributed by atoms with Crippen LogP contribution >= 0.6 is 0 Å². The number of likely N-dealkylation sites (N-methyl/N-ethyl adjacent to an activating group) is 1. The Bertz CT molecular complexity index is 866. The smallest absolute Gasteiger partial charge is 0.325 e. The highest BCUT2D eigenvalue weighted by atomic mass is 19.4. The van der Waals surface area contributed by atoms with Gasteiger partial charge in [-0.05, 0) is 50.2 Å². The maximum Gasteiger partial charge on any atom is 0.418 e. The molecule has 0 aliphatic heterocycles. The van der Waals surface area contributed by atoms with Gasteiger partial charge >= 0.3 is 6.18 Å². The molecule has 0 aliphatic carbocycles. The quantitative estimate of drug-likeness (QED) is 0.784. The molecule has 0 aromatic heterocycles. The molecule has 0 fully saturated rings. The number of nitrogens with one attached hydrogen (secondary N) is 2. The van der Waals surface area contributed by atoms with Gasteiger partial charge in [0.2, 0.25) is 11.8 Å². The molecule has 0 atom stereocenters. The van der Waals surface area contributed by atoms with E-state index in [1.54, 1.807) is 6.07 Å². The predicted octanol–water partition coefficient (Wildman–Crippen LogP) is 3.83. The van der Waals surface area contributed by atoms with Crippen LogP contribution < -0.4 is 10.6 Å². The van der Waals surface area contributed by atoms with E-state index in [1.807, 2.05) is 26.0 Å². The number of benzene rings is 2. The Hall–Kier alpha value is -2.87. The number of carbonyl (C=O) groups excluding carboxylic acids is 2. The molecule has 2 aromatic carbocycles. The van der Waals surface area contributed by atoms with Crippen molar-refractivity contribution in [2.75, 3.05) is 30.8 Å². The number of aryl methyl sites for hydroxylation is 1. The number of amides is 2. The lowest BCUT2D eigenvalue weighted by atomic mass is 10.1. The fourth-order valence-electron chi connectivity index (χ4n) is 2.65. The summed E-state index contributed by atoms with van der Waals surface area (Å²) in [7, 11) is 1.54. The molecular weight excluding hydrogens is 371 g/mol. The van der Waals surface area contributed by atoms with Crippen molar-refractivity contribution in [2.24, 2.45) is 0 Å². The van der Waals surface area contributed by atoms with Crippen LogP contribution in [-0.4, -0.2) is 36.9 Å². The van der Waals surface area contributed by atoms with E-state index in [-0.39, 0.29) is 24.7 Å². The summed E-state index contributed by atoms with van der Waals surface area (Å²) in [5, 5.41) is 5.03. The third-order valence-corrected chi connectivity index (χ3v) is 4.21. The molecule has 150 valence electrons. The Balaban J connectivity index is 1.93. The molecule has 0 bridgehead atoms. The molecule has 0 unspecified atom stereocenters. The minimum absolute atomic E-state index is 0.0816. The summed E-state index contributed by atoms with van der Waals surface area (Å²) in [4.78, 5) is 25.7. The zero-order chi connectivity index (χ0) is 20.9. The fraction of sp³-hybridized carbons (Fsp3) is 0.300. The molecule has 0 saturated carbocycles. The van der Waals surface area contributed by atoms with Crippen LogP contribution in [0.4, 0.5) is 24.5 Å². The SMILES string of the molecule is Cc1cccc(NC(=O)CN(C)CC(=O)Nc2ccccc2C(F)(F)F)c1C. The van der Waals surface area contributed by atoms with Crippen molar-refractivity contribution in [3.05, 3.63) is 59.2 Å². The zero-order valence-corrected chi connectivity index (χ0v) is 15.9. The first-order chi connectivity index (χ1) is 13.1.